The summed E-state index contributed by atoms with van der Waals surface area (Å²) >= 11 is 9.27. The van der Waals surface area contributed by atoms with Gasteiger partial charge in [0.15, 0.2) is 5.75 Å². The predicted octanol–water partition coefficient (Wildman–Crippen LogP) is 10.6. The number of anilines is 1. The zero-order valence-corrected chi connectivity index (χ0v) is 30.9. The zero-order valence-electron chi connectivity index (χ0n) is 28.4. The molecule has 1 saturated heterocycles. The van der Waals surface area contributed by atoms with E-state index >= 15 is 0 Å². The molecule has 2 aromatic rings. The van der Waals surface area contributed by atoms with Gasteiger partial charge in [-0.2, -0.15) is 0 Å². The summed E-state index contributed by atoms with van der Waals surface area (Å²) in [6.45, 7) is 5.22. The molecule has 1 aliphatic heterocycles. The van der Waals surface area contributed by atoms with Gasteiger partial charge in [-0.15, -0.1) is 12.6 Å². The van der Waals surface area contributed by atoms with Crippen molar-refractivity contribution in [3.63, 3.8) is 0 Å². The van der Waals surface area contributed by atoms with Crippen LogP contribution >= 0.6 is 24.8 Å². The summed E-state index contributed by atoms with van der Waals surface area (Å²) < 4.78 is 31.5. The van der Waals surface area contributed by atoms with Gasteiger partial charge < -0.3 is 19.3 Å². The van der Waals surface area contributed by atoms with E-state index in [-0.39, 0.29) is 14.8 Å². The minimum Gasteiger partial charge on any atom is -0.560 e. The van der Waals surface area contributed by atoms with E-state index in [4.69, 9.17) is 22.1 Å². The molecule has 6 nitrogen and oxygen atoms in total. The number of thiocarbonyl (C=S) groups is 1. The number of sulfonamides is 1. The first-order valence-corrected chi connectivity index (χ1v) is 19.5. The first kappa shape index (κ1) is 39.5. The number of para-hydroxylation sites is 1. The second kappa shape index (κ2) is 21.3. The van der Waals surface area contributed by atoms with Gasteiger partial charge in [-0.3, -0.25) is 0 Å². The third-order valence-electron chi connectivity index (χ3n) is 8.16. The monoisotopic (exact) mass is 677 g/mol. The molecule has 0 aliphatic carbocycles. The first-order valence-electron chi connectivity index (χ1n) is 17.1. The van der Waals surface area contributed by atoms with Crippen molar-refractivity contribution in [1.29, 1.82) is 0 Å². The van der Waals surface area contributed by atoms with E-state index in [1.165, 1.54) is 103 Å². The number of rotatable bonds is 20. The van der Waals surface area contributed by atoms with E-state index in [0.29, 0.717) is 17.0 Å². The summed E-state index contributed by atoms with van der Waals surface area (Å²) in [4.78, 5) is 1.86. The maximum atomic E-state index is 12.1. The number of benzene rings is 2. The van der Waals surface area contributed by atoms with Gasteiger partial charge in [0.1, 0.15) is 15.8 Å². The van der Waals surface area contributed by atoms with E-state index in [9.17, 15) is 8.42 Å². The molecule has 3 rings (SSSR count). The van der Waals surface area contributed by atoms with Crippen LogP contribution in [0.4, 0.5) is 5.69 Å². The molecule has 0 spiro atoms. The van der Waals surface area contributed by atoms with Gasteiger partial charge in [-0.25, -0.2) is 8.42 Å². The molecule has 0 aromatic heterocycles. The molecule has 45 heavy (non-hydrogen) atoms. The van der Waals surface area contributed by atoms with Crippen LogP contribution in [0.2, 0.25) is 0 Å². The largest absolute Gasteiger partial charge is 0.560 e. The Morgan fingerprint density at radius 2 is 1.33 bits per heavy atom. The molecule has 0 radical (unpaired) electrons. The van der Waals surface area contributed by atoms with Crippen LogP contribution in [-0.4, -0.2) is 57.9 Å². The molecule has 1 heterocycles. The van der Waals surface area contributed by atoms with Gasteiger partial charge in [0.2, 0.25) is 0 Å². The third kappa shape index (κ3) is 16.7. The average molecular weight is 678 g/mol. The second-order valence-corrected chi connectivity index (χ2v) is 16.0. The number of quaternary nitrogens is 1. The summed E-state index contributed by atoms with van der Waals surface area (Å²) in [5.74, 6) is 0.672. The quantitative estimate of drug-likeness (QED) is 0.0654. The molecule has 1 N–H and O–H groups in total. The van der Waals surface area contributed by atoms with Gasteiger partial charge in [0, 0.05) is 18.7 Å². The van der Waals surface area contributed by atoms with E-state index < -0.39 is 10.0 Å². The van der Waals surface area contributed by atoms with Crippen molar-refractivity contribution in [2.45, 2.75) is 115 Å². The fourth-order valence-corrected chi connectivity index (χ4v) is 6.51. The van der Waals surface area contributed by atoms with Crippen molar-refractivity contribution in [3.8, 4) is 11.5 Å². The fourth-order valence-electron chi connectivity index (χ4n) is 5.59. The van der Waals surface area contributed by atoms with Crippen molar-refractivity contribution < 1.29 is 17.6 Å². The summed E-state index contributed by atoms with van der Waals surface area (Å²) in [6.07, 6.45) is 22.4. The lowest BCUT2D eigenvalue weighted by Gasteiger charge is -2.25. The Morgan fingerprint density at radius 1 is 0.844 bits per heavy atom. The lowest BCUT2D eigenvalue weighted by Crippen LogP contribution is -2.35. The first-order chi connectivity index (χ1) is 21.4. The maximum Gasteiger partial charge on any atom is 0.167 e. The molecule has 0 unspecified atom stereocenters. The number of hydrogen-bond donors (Lipinski definition) is 1. The van der Waals surface area contributed by atoms with Crippen LogP contribution in [0.5, 0.6) is 11.5 Å². The lowest BCUT2D eigenvalue weighted by molar-refractivity contribution is -0.870. The number of unbranched alkanes of at least 4 members (excludes halogenated alkanes) is 13. The number of nitrogens with zero attached hydrogens (tertiary/aromatic N) is 2. The van der Waals surface area contributed by atoms with Crippen LogP contribution in [0.15, 0.2) is 47.4 Å². The topological polar surface area (TPSA) is 70.4 Å². The Hall–Kier alpha value is -1.65. The SMILES string of the molecule is CCCCCCCCCCCCCCCC[N+](C)(C)C.[NH-]S(=O)(=O)c1cc(C(=S)S)cc(N2CCCC2)c1Oc1ccccc1. The summed E-state index contributed by atoms with van der Waals surface area (Å²) in [6, 6.07) is 12.1. The molecule has 0 bridgehead atoms. The molecular weight excluding hydrogens is 619 g/mol. The van der Waals surface area contributed by atoms with Gasteiger partial charge in [0.25, 0.3) is 0 Å². The normalized spacial score (nSPS) is 13.4. The number of thiol groups is 1. The van der Waals surface area contributed by atoms with E-state index in [1.54, 1.807) is 30.3 Å². The minimum absolute atomic E-state index is 0.163. The summed E-state index contributed by atoms with van der Waals surface area (Å²) in [7, 11) is 2.62. The van der Waals surface area contributed by atoms with Gasteiger partial charge >= 0.3 is 0 Å². The number of hydrogen-bond acceptors (Lipinski definition) is 5. The highest BCUT2D eigenvalue weighted by Crippen LogP contribution is 2.41. The Kier molecular flexibility index (Phi) is 18.7. The fraction of sp³-hybridized carbons (Fsp3) is 0.639. The smallest absolute Gasteiger partial charge is 0.167 e. The molecule has 1 fully saturated rings. The highest BCUT2D eigenvalue weighted by Gasteiger charge is 2.24. The summed E-state index contributed by atoms with van der Waals surface area (Å²) in [5, 5.41) is 7.59. The highest BCUT2D eigenvalue weighted by molar-refractivity contribution is 8.11. The Balaban J connectivity index is 0.000000324. The van der Waals surface area contributed by atoms with E-state index in [0.717, 1.165) is 30.4 Å². The number of ether oxygens (including phenoxy) is 1. The second-order valence-electron chi connectivity index (χ2n) is 13.4. The average Bonchev–Trinajstić information content (AvgIpc) is 3.52. The van der Waals surface area contributed by atoms with Gasteiger partial charge in [-0.1, -0.05) is 114 Å². The molecule has 254 valence electrons. The van der Waals surface area contributed by atoms with Crippen LogP contribution in [-0.2, 0) is 10.0 Å². The van der Waals surface area contributed by atoms with Gasteiger partial charge in [0.05, 0.1) is 42.5 Å². The summed E-state index contributed by atoms with van der Waals surface area (Å²) in [5.41, 5.74) is 1.12. The van der Waals surface area contributed by atoms with Crippen LogP contribution < -0.4 is 9.64 Å². The van der Waals surface area contributed by atoms with Crippen molar-refractivity contribution >= 4 is 44.8 Å². The van der Waals surface area contributed by atoms with E-state index in [1.807, 2.05) is 6.07 Å². The van der Waals surface area contributed by atoms with E-state index in [2.05, 4.69) is 45.6 Å². The standard InChI is InChI=1S/C19H42N.C17H18N2O3S3/c1-5-6-7-8-9-10-11-12-13-14-15-16-17-18-19-20(2,3)4;18-25(20,21)15-11-12(17(23)24)10-14(19-8-4-5-9-19)16(15)22-13-6-2-1-3-7-13/h5-19H2,1-4H3;1-3,6-7,10-11H,4-5,8-9H2,(H3,18,20,21,23,24)/q+1;/p-1. The number of nitrogens with one attached hydrogen (secondary N) is 1. The van der Waals surface area contributed by atoms with Crippen molar-refractivity contribution in [3.05, 3.63) is 53.2 Å². The molecule has 0 amide bonds. The van der Waals surface area contributed by atoms with Crippen LogP contribution in [0.3, 0.4) is 0 Å². The van der Waals surface area contributed by atoms with Crippen molar-refractivity contribution in [1.82, 2.24) is 0 Å². The molecular formula is C36H59N3O3S3. The van der Waals surface area contributed by atoms with Crippen LogP contribution in [0.25, 0.3) is 5.14 Å². The maximum absolute atomic E-state index is 12.1. The Morgan fingerprint density at radius 3 is 1.78 bits per heavy atom. The predicted molar refractivity (Wildman–Crippen MR) is 200 cm³/mol. The highest BCUT2D eigenvalue weighted by atomic mass is 32.2. The zero-order chi connectivity index (χ0) is 33.1. The minimum atomic E-state index is -4.26. The van der Waals surface area contributed by atoms with Crippen molar-refractivity contribution in [2.75, 3.05) is 45.7 Å². The molecule has 2 aromatic carbocycles. The van der Waals surface area contributed by atoms with Gasteiger partial charge in [-0.05, 0) is 49.9 Å². The van der Waals surface area contributed by atoms with Crippen LogP contribution in [0, 0.1) is 0 Å². The molecule has 0 atom stereocenters. The Labute approximate surface area is 286 Å². The third-order valence-corrected chi connectivity index (χ3v) is 9.54. The molecule has 1 aliphatic rings. The molecule has 9 heteroatoms. The van der Waals surface area contributed by atoms with Crippen LogP contribution in [0.1, 0.15) is 115 Å². The molecule has 0 saturated carbocycles. The van der Waals surface area contributed by atoms with Crippen molar-refractivity contribution in [2.24, 2.45) is 0 Å². The Bertz CT molecular complexity index is 1230. The lowest BCUT2D eigenvalue weighted by atomic mass is 10.0.